The Kier molecular flexibility index (Phi) is 3.15. The van der Waals surface area contributed by atoms with Crippen molar-refractivity contribution < 1.29 is 14.5 Å². The Hall–Kier alpha value is -1.76. The Morgan fingerprint density at radius 3 is 2.67 bits per heavy atom. The maximum atomic E-state index is 11.3. The molecule has 0 spiro atoms. The van der Waals surface area contributed by atoms with Crippen molar-refractivity contribution in [2.45, 2.75) is 4.90 Å². The minimum absolute atomic E-state index is 0.0989. The molecule has 1 aromatic carbocycles. The number of ether oxygens (including phenoxy) is 1. The number of thiol groups is 1. The summed E-state index contributed by atoms with van der Waals surface area (Å²) < 4.78 is 4.42. The van der Waals surface area contributed by atoms with Crippen LogP contribution in [-0.2, 0) is 4.74 Å². The second kappa shape index (κ2) is 4.18. The van der Waals surface area contributed by atoms with E-state index in [1.165, 1.54) is 12.1 Å². The Balaban J connectivity index is 3.52. The first-order valence-corrected chi connectivity index (χ1v) is 4.28. The normalized spacial score (nSPS) is 9.73. The summed E-state index contributed by atoms with van der Waals surface area (Å²) in [4.78, 5) is 21.4. The fraction of sp³-hybridized carbons (Fsp3) is 0.125. The molecule has 0 bridgehead atoms. The highest BCUT2D eigenvalue weighted by atomic mass is 32.1. The molecule has 6 nitrogen and oxygen atoms in total. The first kappa shape index (κ1) is 11.3. The first-order chi connectivity index (χ1) is 6.99. The molecule has 0 aromatic heterocycles. The number of hydrogen-bond donors (Lipinski definition) is 2. The summed E-state index contributed by atoms with van der Waals surface area (Å²) in [5, 5.41) is 10.7. The minimum atomic E-state index is -0.834. The monoisotopic (exact) mass is 228 g/mol. The number of nitro benzene ring substituents is 1. The molecule has 15 heavy (non-hydrogen) atoms. The molecule has 0 saturated heterocycles. The van der Waals surface area contributed by atoms with E-state index in [4.69, 9.17) is 5.73 Å². The van der Waals surface area contributed by atoms with Crippen molar-refractivity contribution in [3.8, 4) is 0 Å². The number of nitrogen functional groups attached to an aromatic ring is 1. The second-order valence-electron chi connectivity index (χ2n) is 2.65. The van der Waals surface area contributed by atoms with Crippen LogP contribution in [0.5, 0.6) is 0 Å². The second-order valence-corrected chi connectivity index (χ2v) is 3.13. The van der Waals surface area contributed by atoms with Crippen molar-refractivity contribution in [1.82, 2.24) is 0 Å². The lowest BCUT2D eigenvalue weighted by Crippen LogP contribution is -2.09. The number of carbonyl (C=O) groups is 1. The number of nitro groups is 1. The first-order valence-electron chi connectivity index (χ1n) is 3.83. The van der Waals surface area contributed by atoms with E-state index in [0.29, 0.717) is 0 Å². The lowest BCUT2D eigenvalue weighted by atomic mass is 10.1. The highest BCUT2D eigenvalue weighted by Crippen LogP contribution is 2.31. The molecule has 0 atom stereocenters. The molecule has 0 aliphatic rings. The van der Waals surface area contributed by atoms with E-state index in [2.05, 4.69) is 17.4 Å². The van der Waals surface area contributed by atoms with Crippen LogP contribution in [0.25, 0.3) is 0 Å². The number of benzene rings is 1. The van der Waals surface area contributed by atoms with Crippen molar-refractivity contribution in [2.24, 2.45) is 0 Å². The van der Waals surface area contributed by atoms with Gasteiger partial charge in [-0.25, -0.2) is 4.79 Å². The summed E-state index contributed by atoms with van der Waals surface area (Å²) in [5.41, 5.74) is 4.59. The van der Waals surface area contributed by atoms with Gasteiger partial charge in [-0.15, -0.1) is 12.6 Å². The van der Waals surface area contributed by atoms with Crippen LogP contribution in [0.2, 0.25) is 0 Å². The molecule has 0 radical (unpaired) electrons. The fourth-order valence-electron chi connectivity index (χ4n) is 1.10. The Morgan fingerprint density at radius 2 is 2.20 bits per heavy atom. The van der Waals surface area contributed by atoms with Gasteiger partial charge in [0.1, 0.15) is 5.69 Å². The molecule has 0 saturated carbocycles. The predicted octanol–water partition coefficient (Wildman–Crippen LogP) is 1.25. The highest BCUT2D eigenvalue weighted by Gasteiger charge is 2.26. The van der Waals surface area contributed by atoms with Crippen LogP contribution in [0.4, 0.5) is 11.4 Å². The third kappa shape index (κ3) is 2.01. The average Bonchev–Trinajstić information content (AvgIpc) is 2.19. The zero-order valence-corrected chi connectivity index (χ0v) is 8.65. The summed E-state index contributed by atoms with van der Waals surface area (Å²) in [6.45, 7) is 0. The summed E-state index contributed by atoms with van der Waals surface area (Å²) >= 11 is 3.94. The topological polar surface area (TPSA) is 95.5 Å². The maximum absolute atomic E-state index is 11.3. The zero-order chi connectivity index (χ0) is 11.6. The van der Waals surface area contributed by atoms with E-state index in [0.717, 1.165) is 7.11 Å². The van der Waals surface area contributed by atoms with Crippen molar-refractivity contribution in [2.75, 3.05) is 12.8 Å². The Labute approximate surface area is 90.6 Å². The SMILES string of the molecule is COC(=O)c1c(S)ccc(N)c1[N+](=O)[O-]. The highest BCUT2D eigenvalue weighted by molar-refractivity contribution is 7.80. The molecule has 0 heterocycles. The van der Waals surface area contributed by atoms with E-state index < -0.39 is 16.6 Å². The number of nitrogens with zero attached hydrogens (tertiary/aromatic N) is 1. The van der Waals surface area contributed by atoms with Crippen LogP contribution >= 0.6 is 12.6 Å². The van der Waals surface area contributed by atoms with Gasteiger partial charge in [0.15, 0.2) is 5.56 Å². The van der Waals surface area contributed by atoms with Gasteiger partial charge in [0.25, 0.3) is 0 Å². The standard InChI is InChI=1S/C8H8N2O4S/c1-14-8(11)6-5(15)3-2-4(9)7(6)10(12)13/h2-3,15H,9H2,1H3. The van der Waals surface area contributed by atoms with Crippen LogP contribution in [0, 0.1) is 10.1 Å². The number of methoxy groups -OCH3 is 1. The molecule has 0 fully saturated rings. The van der Waals surface area contributed by atoms with Gasteiger partial charge in [-0.05, 0) is 12.1 Å². The smallest absolute Gasteiger partial charge is 0.346 e. The van der Waals surface area contributed by atoms with Crippen LogP contribution in [0.1, 0.15) is 10.4 Å². The lowest BCUT2D eigenvalue weighted by molar-refractivity contribution is -0.384. The van der Waals surface area contributed by atoms with Crippen LogP contribution in [0.15, 0.2) is 17.0 Å². The van der Waals surface area contributed by atoms with E-state index >= 15 is 0 Å². The number of nitrogens with two attached hydrogens (primary N) is 1. The van der Waals surface area contributed by atoms with E-state index in [9.17, 15) is 14.9 Å². The van der Waals surface area contributed by atoms with Gasteiger partial charge >= 0.3 is 11.7 Å². The summed E-state index contributed by atoms with van der Waals surface area (Å²) in [5.74, 6) is -0.834. The van der Waals surface area contributed by atoms with E-state index in [-0.39, 0.29) is 16.1 Å². The van der Waals surface area contributed by atoms with Gasteiger partial charge in [-0.2, -0.15) is 0 Å². The van der Waals surface area contributed by atoms with Crippen molar-refractivity contribution in [1.29, 1.82) is 0 Å². The lowest BCUT2D eigenvalue weighted by Gasteiger charge is -2.05. The molecule has 0 aliphatic carbocycles. The van der Waals surface area contributed by atoms with Crippen LogP contribution < -0.4 is 5.73 Å². The third-order valence-corrected chi connectivity index (χ3v) is 2.13. The predicted molar refractivity (Wildman–Crippen MR) is 56.1 cm³/mol. The summed E-state index contributed by atoms with van der Waals surface area (Å²) in [7, 11) is 1.13. The number of anilines is 1. The van der Waals surface area contributed by atoms with Gasteiger partial charge < -0.3 is 10.5 Å². The van der Waals surface area contributed by atoms with E-state index in [1.54, 1.807) is 0 Å². The molecular weight excluding hydrogens is 220 g/mol. The minimum Gasteiger partial charge on any atom is -0.465 e. The maximum Gasteiger partial charge on any atom is 0.346 e. The summed E-state index contributed by atoms with van der Waals surface area (Å²) in [6.07, 6.45) is 0. The Bertz CT molecular complexity index is 433. The van der Waals surface area contributed by atoms with Gasteiger partial charge in [0.2, 0.25) is 0 Å². The van der Waals surface area contributed by atoms with Crippen LogP contribution in [0.3, 0.4) is 0 Å². The molecule has 80 valence electrons. The van der Waals surface area contributed by atoms with Crippen molar-refractivity contribution in [3.63, 3.8) is 0 Å². The van der Waals surface area contributed by atoms with Crippen molar-refractivity contribution in [3.05, 3.63) is 27.8 Å². The number of carbonyl (C=O) groups excluding carboxylic acids is 1. The number of hydrogen-bond acceptors (Lipinski definition) is 6. The van der Waals surface area contributed by atoms with Crippen LogP contribution in [-0.4, -0.2) is 18.0 Å². The van der Waals surface area contributed by atoms with Crippen molar-refractivity contribution >= 4 is 30.0 Å². The Morgan fingerprint density at radius 1 is 1.60 bits per heavy atom. The zero-order valence-electron chi connectivity index (χ0n) is 7.76. The summed E-state index contributed by atoms with van der Waals surface area (Å²) in [6, 6.07) is 2.71. The molecule has 1 rings (SSSR count). The molecule has 2 N–H and O–H groups in total. The molecule has 0 aliphatic heterocycles. The van der Waals surface area contributed by atoms with Gasteiger partial charge in [-0.3, -0.25) is 10.1 Å². The largest absolute Gasteiger partial charge is 0.465 e. The van der Waals surface area contributed by atoms with Gasteiger partial charge in [-0.1, -0.05) is 0 Å². The third-order valence-electron chi connectivity index (χ3n) is 1.76. The molecule has 1 aromatic rings. The fourth-order valence-corrected chi connectivity index (χ4v) is 1.37. The van der Waals surface area contributed by atoms with Gasteiger partial charge in [0, 0.05) is 4.90 Å². The number of rotatable bonds is 2. The average molecular weight is 228 g/mol. The van der Waals surface area contributed by atoms with E-state index in [1.807, 2.05) is 0 Å². The molecular formula is C8H8N2O4S. The molecule has 7 heteroatoms. The molecule has 0 unspecified atom stereocenters. The van der Waals surface area contributed by atoms with Gasteiger partial charge in [0.05, 0.1) is 12.0 Å². The molecule has 0 amide bonds. The quantitative estimate of drug-likeness (QED) is 0.261. The number of esters is 1.